The molecule has 162 valence electrons. The van der Waals surface area contributed by atoms with Gasteiger partial charge in [-0.2, -0.15) is 17.9 Å². The van der Waals surface area contributed by atoms with Gasteiger partial charge in [0.2, 0.25) is 10.0 Å². The minimum Gasteiger partial charge on any atom is -0.467 e. The second kappa shape index (κ2) is 7.75. The monoisotopic (exact) mass is 451 g/mol. The highest BCUT2D eigenvalue weighted by Crippen LogP contribution is 2.37. The Labute approximate surface area is 175 Å². The van der Waals surface area contributed by atoms with Crippen LogP contribution in [0.4, 0.5) is 18.9 Å². The van der Waals surface area contributed by atoms with Crippen LogP contribution in [0, 0.1) is 0 Å². The number of rotatable bonds is 4. The van der Waals surface area contributed by atoms with Crippen molar-refractivity contribution >= 4 is 21.6 Å². The molecule has 0 saturated heterocycles. The first-order valence-corrected chi connectivity index (χ1v) is 10.5. The van der Waals surface area contributed by atoms with E-state index < -0.39 is 27.9 Å². The van der Waals surface area contributed by atoms with Gasteiger partial charge in [-0.1, -0.05) is 12.1 Å². The molecule has 11 heteroatoms. The smallest absolute Gasteiger partial charge is 0.416 e. The summed E-state index contributed by atoms with van der Waals surface area (Å²) in [5.41, 5.74) is -0.361. The second-order valence-electron chi connectivity index (χ2n) is 6.79. The maximum absolute atomic E-state index is 13.0. The van der Waals surface area contributed by atoms with Gasteiger partial charge in [0.05, 0.1) is 24.1 Å². The van der Waals surface area contributed by atoms with Crippen molar-refractivity contribution in [2.45, 2.75) is 23.8 Å². The Morgan fingerprint density at radius 3 is 2.48 bits per heavy atom. The average Bonchev–Trinajstić information content (AvgIpc) is 3.24. The third kappa shape index (κ3) is 4.42. The highest BCUT2D eigenvalue weighted by molar-refractivity contribution is 7.89. The lowest BCUT2D eigenvalue weighted by Crippen LogP contribution is -2.38. The Kier molecular flexibility index (Phi) is 5.23. The maximum Gasteiger partial charge on any atom is 0.416 e. The number of fused-ring (bicyclic) bond motifs is 1. The summed E-state index contributed by atoms with van der Waals surface area (Å²) >= 11 is 0. The number of hydrogen-bond acceptors (Lipinski definition) is 5. The van der Waals surface area contributed by atoms with Crippen molar-refractivity contribution in [3.63, 3.8) is 0 Å². The Morgan fingerprint density at radius 1 is 1.10 bits per heavy atom. The van der Waals surface area contributed by atoms with Gasteiger partial charge in [0, 0.05) is 5.56 Å². The quantitative estimate of drug-likeness (QED) is 0.563. The summed E-state index contributed by atoms with van der Waals surface area (Å²) in [4.78, 5) is 12.0. The largest absolute Gasteiger partial charge is 0.467 e. The SMILES string of the molecule is O=C(NCc1ccco1)c1ccc([C@@H]2Nc3cc(C(F)(F)F)ccc3S(=O)(=O)N2)cc1. The van der Waals surface area contributed by atoms with Gasteiger partial charge in [0.1, 0.15) is 16.8 Å². The van der Waals surface area contributed by atoms with Gasteiger partial charge < -0.3 is 15.1 Å². The molecule has 0 bridgehead atoms. The van der Waals surface area contributed by atoms with Crippen LogP contribution in [-0.2, 0) is 22.7 Å². The summed E-state index contributed by atoms with van der Waals surface area (Å²) in [5, 5.41) is 5.45. The number of anilines is 1. The van der Waals surface area contributed by atoms with Gasteiger partial charge in [-0.05, 0) is 48.0 Å². The first-order chi connectivity index (χ1) is 14.6. The van der Waals surface area contributed by atoms with Crippen LogP contribution in [0.15, 0.2) is 70.2 Å². The molecule has 0 aliphatic carbocycles. The molecule has 1 aromatic heterocycles. The fourth-order valence-electron chi connectivity index (χ4n) is 3.12. The van der Waals surface area contributed by atoms with Crippen molar-refractivity contribution in [1.82, 2.24) is 10.0 Å². The standard InChI is InChI=1S/C20H16F3N3O4S/c21-20(22,23)14-7-8-17-16(10-14)25-18(26-31(17,28)29)12-3-5-13(6-4-12)19(27)24-11-15-2-1-9-30-15/h1-10,18,25-26H,11H2,(H,24,27)/t18-/m1/s1. The molecule has 4 rings (SSSR count). The molecule has 3 N–H and O–H groups in total. The van der Waals surface area contributed by atoms with Crippen LogP contribution in [-0.4, -0.2) is 14.3 Å². The highest BCUT2D eigenvalue weighted by Gasteiger charge is 2.35. The lowest BCUT2D eigenvalue weighted by atomic mass is 10.1. The lowest BCUT2D eigenvalue weighted by Gasteiger charge is -2.29. The first-order valence-electron chi connectivity index (χ1n) is 9.04. The Morgan fingerprint density at radius 2 is 1.84 bits per heavy atom. The van der Waals surface area contributed by atoms with E-state index in [1.54, 1.807) is 12.1 Å². The minimum atomic E-state index is -4.61. The van der Waals surface area contributed by atoms with Crippen molar-refractivity contribution in [1.29, 1.82) is 0 Å². The van der Waals surface area contributed by atoms with Crippen molar-refractivity contribution in [3.8, 4) is 0 Å². The fourth-order valence-corrected chi connectivity index (χ4v) is 4.40. The molecule has 2 aromatic carbocycles. The number of nitrogens with one attached hydrogen (secondary N) is 3. The van der Waals surface area contributed by atoms with Crippen LogP contribution in [0.3, 0.4) is 0 Å². The molecular weight excluding hydrogens is 435 g/mol. The summed E-state index contributed by atoms with van der Waals surface area (Å²) in [6.45, 7) is 0.204. The molecule has 1 aliphatic rings. The third-order valence-corrected chi connectivity index (χ3v) is 6.16. The molecule has 7 nitrogen and oxygen atoms in total. The van der Waals surface area contributed by atoms with E-state index in [4.69, 9.17) is 4.42 Å². The van der Waals surface area contributed by atoms with Crippen molar-refractivity contribution in [2.24, 2.45) is 0 Å². The van der Waals surface area contributed by atoms with Gasteiger partial charge in [0.25, 0.3) is 5.91 Å². The zero-order valence-corrected chi connectivity index (χ0v) is 16.5. The number of carbonyl (C=O) groups is 1. The number of furan rings is 1. The van der Waals surface area contributed by atoms with E-state index in [2.05, 4.69) is 15.4 Å². The number of amides is 1. The van der Waals surface area contributed by atoms with E-state index in [0.717, 1.165) is 18.2 Å². The molecule has 3 aromatic rings. The normalized spacial score (nSPS) is 17.5. The van der Waals surface area contributed by atoms with Gasteiger partial charge in [-0.15, -0.1) is 0 Å². The van der Waals surface area contributed by atoms with Crippen molar-refractivity contribution in [2.75, 3.05) is 5.32 Å². The number of hydrogen-bond donors (Lipinski definition) is 3. The van der Waals surface area contributed by atoms with Crippen LogP contribution in [0.5, 0.6) is 0 Å². The number of carbonyl (C=O) groups excluding carboxylic acids is 1. The van der Waals surface area contributed by atoms with E-state index in [-0.39, 0.29) is 23.0 Å². The summed E-state index contributed by atoms with van der Waals surface area (Å²) in [6, 6.07) is 11.8. The second-order valence-corrected chi connectivity index (χ2v) is 8.47. The molecule has 0 fully saturated rings. The average molecular weight is 451 g/mol. The Bertz CT molecular complexity index is 1210. The molecule has 1 aliphatic heterocycles. The molecule has 0 saturated carbocycles. The zero-order chi connectivity index (χ0) is 22.2. The first kappa shape index (κ1) is 20.9. The van der Waals surface area contributed by atoms with E-state index in [1.807, 2.05) is 0 Å². The predicted octanol–water partition coefficient (Wildman–Crippen LogP) is 3.63. The molecule has 0 unspecified atom stereocenters. The van der Waals surface area contributed by atoms with Gasteiger partial charge in [-0.3, -0.25) is 4.79 Å². The number of halogens is 3. The van der Waals surface area contributed by atoms with E-state index in [1.165, 1.54) is 30.5 Å². The molecule has 0 spiro atoms. The van der Waals surface area contributed by atoms with E-state index in [0.29, 0.717) is 16.9 Å². The van der Waals surface area contributed by atoms with Crippen LogP contribution in [0.2, 0.25) is 0 Å². The van der Waals surface area contributed by atoms with Crippen LogP contribution < -0.4 is 15.4 Å². The molecule has 1 atom stereocenters. The molecule has 2 heterocycles. The molecule has 31 heavy (non-hydrogen) atoms. The van der Waals surface area contributed by atoms with E-state index >= 15 is 0 Å². The van der Waals surface area contributed by atoms with Crippen LogP contribution in [0.25, 0.3) is 0 Å². The van der Waals surface area contributed by atoms with Crippen LogP contribution in [0.1, 0.15) is 33.4 Å². The summed E-state index contributed by atoms with van der Waals surface area (Å²) in [6.07, 6.45) is -4.11. The zero-order valence-electron chi connectivity index (χ0n) is 15.7. The van der Waals surface area contributed by atoms with E-state index in [9.17, 15) is 26.4 Å². The minimum absolute atomic E-state index is 0.154. The maximum atomic E-state index is 13.0. The Hall–Kier alpha value is -3.31. The number of sulfonamides is 1. The number of alkyl halides is 3. The highest BCUT2D eigenvalue weighted by atomic mass is 32.2. The summed E-state index contributed by atoms with van der Waals surface area (Å²) < 4.78 is 71.5. The molecular formula is C20H16F3N3O4S. The fraction of sp³-hybridized carbons (Fsp3) is 0.150. The topological polar surface area (TPSA) is 100 Å². The third-order valence-electron chi connectivity index (χ3n) is 4.68. The van der Waals surface area contributed by atoms with Crippen molar-refractivity contribution in [3.05, 3.63) is 83.3 Å². The summed E-state index contributed by atoms with van der Waals surface area (Å²) in [5.74, 6) is 0.225. The molecule has 0 radical (unpaired) electrons. The Balaban J connectivity index is 1.53. The summed E-state index contributed by atoms with van der Waals surface area (Å²) in [7, 11) is -4.03. The number of benzene rings is 2. The predicted molar refractivity (Wildman–Crippen MR) is 104 cm³/mol. The van der Waals surface area contributed by atoms with Gasteiger partial charge >= 0.3 is 6.18 Å². The molecule has 1 amide bonds. The lowest BCUT2D eigenvalue weighted by molar-refractivity contribution is -0.137. The van der Waals surface area contributed by atoms with Gasteiger partial charge in [0.15, 0.2) is 0 Å². The van der Waals surface area contributed by atoms with Gasteiger partial charge in [-0.25, -0.2) is 8.42 Å². The van der Waals surface area contributed by atoms with Crippen molar-refractivity contribution < 1.29 is 30.8 Å². The van der Waals surface area contributed by atoms with Crippen LogP contribution >= 0.6 is 0 Å².